The second kappa shape index (κ2) is 10.0. The average molecular weight is 583 g/mol. The van der Waals surface area contributed by atoms with Crippen molar-refractivity contribution in [2.24, 2.45) is 5.10 Å². The summed E-state index contributed by atoms with van der Waals surface area (Å²) < 4.78 is 7.85. The number of amides is 1. The van der Waals surface area contributed by atoms with E-state index >= 15 is 0 Å². The van der Waals surface area contributed by atoms with E-state index in [1.807, 2.05) is 30.3 Å². The Kier molecular flexibility index (Phi) is 7.46. The molecular weight excluding hydrogens is 568 g/mol. The number of phenols is 1. The van der Waals surface area contributed by atoms with E-state index in [9.17, 15) is 9.90 Å². The van der Waals surface area contributed by atoms with Crippen molar-refractivity contribution < 1.29 is 14.6 Å². The predicted octanol–water partition coefficient (Wildman–Crippen LogP) is 6.02. The number of carbonyl (C=O) groups is 1. The van der Waals surface area contributed by atoms with Crippen LogP contribution in [-0.4, -0.2) is 17.2 Å². The largest absolute Gasteiger partial charge is 0.506 e. The van der Waals surface area contributed by atoms with Crippen molar-refractivity contribution in [2.45, 2.75) is 6.61 Å². The molecule has 5 nitrogen and oxygen atoms in total. The number of benzene rings is 3. The van der Waals surface area contributed by atoms with Crippen LogP contribution < -0.4 is 10.2 Å². The number of ether oxygens (including phenoxy) is 1. The van der Waals surface area contributed by atoms with Crippen LogP contribution >= 0.6 is 47.8 Å². The first kappa shape index (κ1) is 21.5. The zero-order valence-corrected chi connectivity index (χ0v) is 19.7. The Morgan fingerprint density at radius 3 is 2.55 bits per heavy atom. The van der Waals surface area contributed by atoms with Crippen molar-refractivity contribution in [1.29, 1.82) is 0 Å². The predicted molar refractivity (Wildman–Crippen MR) is 123 cm³/mol. The molecule has 0 unspecified atom stereocenters. The lowest BCUT2D eigenvalue weighted by molar-refractivity contribution is 0.0950. The molecule has 0 aliphatic heterocycles. The third-order valence-corrected chi connectivity index (χ3v) is 5.41. The van der Waals surface area contributed by atoms with Crippen LogP contribution in [0.3, 0.4) is 0 Å². The maximum Gasteiger partial charge on any atom is 0.275 e. The number of phenolic OH excluding ortho intramolecular Hbond substituents is 1. The van der Waals surface area contributed by atoms with Crippen molar-refractivity contribution in [1.82, 2.24) is 5.43 Å². The van der Waals surface area contributed by atoms with E-state index in [2.05, 4.69) is 58.3 Å². The summed E-state index contributed by atoms with van der Waals surface area (Å²) in [6.45, 7) is 0.339. The fraction of sp³-hybridized carbons (Fsp3) is 0.0476. The molecule has 8 heteroatoms. The molecule has 0 aromatic heterocycles. The molecule has 3 rings (SSSR count). The Hall–Kier alpha value is -2.16. The van der Waals surface area contributed by atoms with Crippen molar-refractivity contribution in [3.8, 4) is 11.5 Å². The molecule has 3 aromatic rings. The maximum atomic E-state index is 12.6. The fourth-order valence-electron chi connectivity index (χ4n) is 2.45. The van der Waals surface area contributed by atoms with E-state index in [0.717, 1.165) is 14.5 Å². The molecule has 0 fully saturated rings. The normalized spacial score (nSPS) is 10.9. The standard InChI is InChI=1S/C21H15Br3N2O3/c22-15-6-7-19(29-12-13-4-2-1-3-5-13)17(9-15)21(28)26-25-11-14-8-16(23)10-18(24)20(14)27/h1-11,27H,12H2,(H,26,28)/b25-11-. The van der Waals surface area contributed by atoms with Gasteiger partial charge in [-0.25, -0.2) is 5.43 Å². The van der Waals surface area contributed by atoms with Gasteiger partial charge in [0.1, 0.15) is 18.1 Å². The summed E-state index contributed by atoms with van der Waals surface area (Å²) in [7, 11) is 0. The summed E-state index contributed by atoms with van der Waals surface area (Å²) in [5.41, 5.74) is 4.25. The van der Waals surface area contributed by atoms with Crippen molar-refractivity contribution in [3.63, 3.8) is 0 Å². The molecule has 0 saturated carbocycles. The number of halogens is 3. The van der Waals surface area contributed by atoms with Gasteiger partial charge in [-0.3, -0.25) is 4.79 Å². The third kappa shape index (κ3) is 5.91. The molecule has 0 heterocycles. The highest BCUT2D eigenvalue weighted by molar-refractivity contribution is 9.11. The summed E-state index contributed by atoms with van der Waals surface area (Å²) >= 11 is 9.98. The summed E-state index contributed by atoms with van der Waals surface area (Å²) in [4.78, 5) is 12.6. The summed E-state index contributed by atoms with van der Waals surface area (Å²) in [5, 5.41) is 14.0. The first-order valence-corrected chi connectivity index (χ1v) is 10.8. The van der Waals surface area contributed by atoms with E-state index in [-0.39, 0.29) is 5.75 Å². The van der Waals surface area contributed by atoms with Crippen molar-refractivity contribution in [3.05, 3.63) is 90.8 Å². The molecule has 0 atom stereocenters. The molecule has 0 saturated heterocycles. The van der Waals surface area contributed by atoms with Gasteiger partial charge in [0.2, 0.25) is 0 Å². The second-order valence-corrected chi connectivity index (χ2v) is 8.63. The Morgan fingerprint density at radius 2 is 1.79 bits per heavy atom. The van der Waals surface area contributed by atoms with Crippen LogP contribution in [0.2, 0.25) is 0 Å². The van der Waals surface area contributed by atoms with Gasteiger partial charge in [-0.15, -0.1) is 0 Å². The molecule has 0 aliphatic rings. The molecule has 29 heavy (non-hydrogen) atoms. The zero-order valence-electron chi connectivity index (χ0n) is 14.9. The van der Waals surface area contributed by atoms with Crippen molar-refractivity contribution >= 4 is 59.9 Å². The lowest BCUT2D eigenvalue weighted by Gasteiger charge is -2.11. The fourth-order valence-corrected chi connectivity index (χ4v) is 4.07. The van der Waals surface area contributed by atoms with Crippen LogP contribution in [0.5, 0.6) is 11.5 Å². The first-order valence-electron chi connectivity index (χ1n) is 8.41. The zero-order chi connectivity index (χ0) is 20.8. The molecule has 2 N–H and O–H groups in total. The van der Waals surface area contributed by atoms with Gasteiger partial charge in [0, 0.05) is 14.5 Å². The monoisotopic (exact) mass is 580 g/mol. The second-order valence-electron chi connectivity index (χ2n) is 5.94. The minimum Gasteiger partial charge on any atom is -0.506 e. The summed E-state index contributed by atoms with van der Waals surface area (Å²) in [5.74, 6) is 0.0394. The Balaban J connectivity index is 1.74. The number of hydrogen-bond donors (Lipinski definition) is 2. The highest BCUT2D eigenvalue weighted by Crippen LogP contribution is 2.30. The molecule has 1 amide bonds. The first-order chi connectivity index (χ1) is 13.9. The molecule has 148 valence electrons. The maximum absolute atomic E-state index is 12.6. The van der Waals surface area contributed by atoms with Gasteiger partial charge in [0.15, 0.2) is 0 Å². The molecular formula is C21H15Br3N2O3. The highest BCUT2D eigenvalue weighted by atomic mass is 79.9. The number of rotatable bonds is 6. The lowest BCUT2D eigenvalue weighted by atomic mass is 10.2. The number of carbonyl (C=O) groups excluding carboxylic acids is 1. The van der Waals surface area contributed by atoms with Gasteiger partial charge in [-0.1, -0.05) is 62.2 Å². The highest BCUT2D eigenvalue weighted by Gasteiger charge is 2.13. The Bertz CT molecular complexity index is 1060. The molecule has 0 radical (unpaired) electrons. The lowest BCUT2D eigenvalue weighted by Crippen LogP contribution is -2.19. The quantitative estimate of drug-likeness (QED) is 0.276. The van der Waals surface area contributed by atoms with Gasteiger partial charge in [0.05, 0.1) is 16.3 Å². The van der Waals surface area contributed by atoms with Gasteiger partial charge >= 0.3 is 0 Å². The number of aromatic hydroxyl groups is 1. The minimum absolute atomic E-state index is 0.0283. The van der Waals surface area contributed by atoms with Gasteiger partial charge < -0.3 is 9.84 Å². The SMILES string of the molecule is O=C(N/N=C\c1cc(Br)cc(Br)c1O)c1cc(Br)ccc1OCc1ccccc1. The minimum atomic E-state index is -0.431. The van der Waals surface area contributed by atoms with Crippen LogP contribution in [0.15, 0.2) is 79.2 Å². The molecule has 0 spiro atoms. The van der Waals surface area contributed by atoms with E-state index in [1.165, 1.54) is 6.21 Å². The Morgan fingerprint density at radius 1 is 1.03 bits per heavy atom. The topological polar surface area (TPSA) is 70.9 Å². The van der Waals surface area contributed by atoms with E-state index < -0.39 is 5.91 Å². The van der Waals surface area contributed by atoms with E-state index in [1.54, 1.807) is 30.3 Å². The van der Waals surface area contributed by atoms with Gasteiger partial charge in [0.25, 0.3) is 5.91 Å². The van der Waals surface area contributed by atoms with Crippen LogP contribution in [0, 0.1) is 0 Å². The summed E-state index contributed by atoms with van der Waals surface area (Å²) in [6.07, 6.45) is 1.37. The van der Waals surface area contributed by atoms with Gasteiger partial charge in [-0.2, -0.15) is 5.10 Å². The number of nitrogens with zero attached hydrogens (tertiary/aromatic N) is 1. The van der Waals surface area contributed by atoms with Crippen LogP contribution in [-0.2, 0) is 6.61 Å². The van der Waals surface area contributed by atoms with Crippen LogP contribution in [0.25, 0.3) is 0 Å². The van der Waals surface area contributed by atoms with E-state index in [4.69, 9.17) is 4.74 Å². The van der Waals surface area contributed by atoms with Crippen molar-refractivity contribution in [2.75, 3.05) is 0 Å². The van der Waals surface area contributed by atoms with Crippen LogP contribution in [0.1, 0.15) is 21.5 Å². The van der Waals surface area contributed by atoms with Crippen LogP contribution in [0.4, 0.5) is 0 Å². The summed E-state index contributed by atoms with van der Waals surface area (Å²) in [6, 6.07) is 18.3. The molecule has 0 aliphatic carbocycles. The third-order valence-electron chi connectivity index (χ3n) is 3.85. The number of nitrogens with one attached hydrogen (secondary N) is 1. The number of hydrazone groups is 1. The van der Waals surface area contributed by atoms with E-state index in [0.29, 0.717) is 28.0 Å². The number of hydrogen-bond acceptors (Lipinski definition) is 4. The molecule has 0 bridgehead atoms. The molecule has 3 aromatic carbocycles. The van der Waals surface area contributed by atoms with Gasteiger partial charge in [-0.05, 0) is 51.8 Å². The Labute approximate surface area is 193 Å². The average Bonchev–Trinajstić information content (AvgIpc) is 2.71. The smallest absolute Gasteiger partial charge is 0.275 e.